The zero-order valence-electron chi connectivity index (χ0n) is 11.0. The summed E-state index contributed by atoms with van der Waals surface area (Å²) >= 11 is 5.86. The number of carbonyl (C=O) groups is 1. The topological polar surface area (TPSA) is 47.6 Å². The minimum absolute atomic E-state index is 0.0340. The lowest BCUT2D eigenvalue weighted by Gasteiger charge is -2.14. The Kier molecular flexibility index (Phi) is 10.6. The minimum Gasteiger partial charge on any atom is -0.466 e. The van der Waals surface area contributed by atoms with Gasteiger partial charge in [-0.05, 0) is 33.7 Å². The summed E-state index contributed by atoms with van der Waals surface area (Å²) in [4.78, 5) is 11.0. The number of hydrogen-bond acceptors (Lipinski definition) is 4. The van der Waals surface area contributed by atoms with E-state index in [1.54, 1.807) is 0 Å². The molecule has 0 aliphatic carbocycles. The second-order valence-electron chi connectivity index (χ2n) is 3.91. The Bertz CT molecular complexity index is 200. The highest BCUT2D eigenvalue weighted by Crippen LogP contribution is 2.05. The highest BCUT2D eigenvalue weighted by molar-refractivity contribution is 6.20. The molecule has 0 aromatic carbocycles. The van der Waals surface area contributed by atoms with E-state index in [1.165, 1.54) is 0 Å². The Hall–Kier alpha value is -0.320. The van der Waals surface area contributed by atoms with E-state index < -0.39 is 0 Å². The molecule has 0 aliphatic rings. The lowest BCUT2D eigenvalue weighted by molar-refractivity contribution is -0.142. The summed E-state index contributed by atoms with van der Waals surface area (Å²) in [6, 6.07) is 0. The van der Waals surface area contributed by atoms with Crippen LogP contribution in [0.3, 0.4) is 0 Å². The zero-order valence-corrected chi connectivity index (χ0v) is 11.8. The number of halogens is 1. The number of carbonyl (C=O) groups excluding carboxylic acids is 1. The minimum atomic E-state index is -0.152. The molecule has 17 heavy (non-hydrogen) atoms. The molecule has 0 spiro atoms. The first-order valence-corrected chi connectivity index (χ1v) is 6.63. The predicted octanol–water partition coefficient (Wildman–Crippen LogP) is 1.95. The van der Waals surface area contributed by atoms with Crippen LogP contribution in [0.2, 0.25) is 0 Å². The normalized spacial score (nSPS) is 14.4. The van der Waals surface area contributed by atoms with Crippen LogP contribution in [-0.4, -0.2) is 43.8 Å². The van der Waals surface area contributed by atoms with Crippen LogP contribution in [0.4, 0.5) is 0 Å². The van der Waals surface area contributed by atoms with Crippen LogP contribution in [0.15, 0.2) is 0 Å². The SMILES string of the molecule is CCOC(=O)CCNCCCO[C@@H](C)C(C)Cl. The smallest absolute Gasteiger partial charge is 0.307 e. The van der Waals surface area contributed by atoms with Crippen molar-refractivity contribution in [3.63, 3.8) is 0 Å². The third-order valence-electron chi connectivity index (χ3n) is 2.34. The standard InChI is InChI=1S/C12H24ClNO3/c1-4-16-12(15)6-8-14-7-5-9-17-11(3)10(2)13/h10-11,14H,4-9H2,1-3H3/t10?,11-/m0/s1. The van der Waals surface area contributed by atoms with Gasteiger partial charge in [0.05, 0.1) is 24.5 Å². The maximum Gasteiger partial charge on any atom is 0.307 e. The fourth-order valence-corrected chi connectivity index (χ4v) is 1.22. The fraction of sp³-hybridized carbons (Fsp3) is 0.917. The van der Waals surface area contributed by atoms with Crippen molar-refractivity contribution in [2.45, 2.75) is 45.1 Å². The third kappa shape index (κ3) is 10.5. The van der Waals surface area contributed by atoms with Gasteiger partial charge in [-0.1, -0.05) is 0 Å². The summed E-state index contributed by atoms with van der Waals surface area (Å²) in [5, 5.41) is 3.20. The van der Waals surface area contributed by atoms with E-state index in [0.717, 1.165) is 13.0 Å². The van der Waals surface area contributed by atoms with Crippen molar-refractivity contribution >= 4 is 17.6 Å². The summed E-state index contributed by atoms with van der Waals surface area (Å²) in [7, 11) is 0. The van der Waals surface area contributed by atoms with Crippen molar-refractivity contribution in [3.05, 3.63) is 0 Å². The predicted molar refractivity (Wildman–Crippen MR) is 69.5 cm³/mol. The molecule has 0 aliphatic heterocycles. The van der Waals surface area contributed by atoms with Gasteiger partial charge in [0.1, 0.15) is 0 Å². The van der Waals surface area contributed by atoms with Gasteiger partial charge in [-0.2, -0.15) is 0 Å². The number of alkyl halides is 1. The molecule has 0 rings (SSSR count). The molecule has 0 bridgehead atoms. The summed E-state index contributed by atoms with van der Waals surface area (Å²) < 4.78 is 10.3. The lowest BCUT2D eigenvalue weighted by Crippen LogP contribution is -2.23. The summed E-state index contributed by atoms with van der Waals surface area (Å²) in [6.45, 7) is 8.31. The van der Waals surface area contributed by atoms with Crippen LogP contribution in [0.1, 0.15) is 33.6 Å². The molecule has 4 nitrogen and oxygen atoms in total. The second kappa shape index (κ2) is 10.8. The van der Waals surface area contributed by atoms with E-state index in [2.05, 4.69) is 5.32 Å². The van der Waals surface area contributed by atoms with Crippen molar-refractivity contribution in [3.8, 4) is 0 Å². The van der Waals surface area contributed by atoms with Gasteiger partial charge >= 0.3 is 5.97 Å². The molecule has 0 saturated carbocycles. The molecule has 1 N–H and O–H groups in total. The van der Waals surface area contributed by atoms with Gasteiger partial charge in [0.25, 0.3) is 0 Å². The van der Waals surface area contributed by atoms with Crippen LogP contribution >= 0.6 is 11.6 Å². The Labute approximate surface area is 109 Å². The average Bonchev–Trinajstić information content (AvgIpc) is 2.27. The maximum atomic E-state index is 11.0. The van der Waals surface area contributed by atoms with Crippen LogP contribution < -0.4 is 5.32 Å². The first-order chi connectivity index (χ1) is 8.07. The maximum absolute atomic E-state index is 11.0. The Morgan fingerprint density at radius 3 is 2.65 bits per heavy atom. The van der Waals surface area contributed by atoms with E-state index in [-0.39, 0.29) is 17.5 Å². The molecular weight excluding hydrogens is 242 g/mol. The third-order valence-corrected chi connectivity index (χ3v) is 2.69. The quantitative estimate of drug-likeness (QED) is 0.373. The molecule has 102 valence electrons. The number of nitrogens with one attached hydrogen (secondary N) is 1. The van der Waals surface area contributed by atoms with Crippen molar-refractivity contribution in [2.24, 2.45) is 0 Å². The van der Waals surface area contributed by atoms with Crippen molar-refractivity contribution in [1.29, 1.82) is 0 Å². The van der Waals surface area contributed by atoms with Gasteiger partial charge in [0, 0.05) is 13.2 Å². The Morgan fingerprint density at radius 2 is 2.06 bits per heavy atom. The van der Waals surface area contributed by atoms with Gasteiger partial charge in [0.15, 0.2) is 0 Å². The molecule has 0 radical (unpaired) electrons. The van der Waals surface area contributed by atoms with E-state index >= 15 is 0 Å². The summed E-state index contributed by atoms with van der Waals surface area (Å²) in [6.07, 6.45) is 1.41. The molecule has 0 amide bonds. The van der Waals surface area contributed by atoms with Crippen molar-refractivity contribution < 1.29 is 14.3 Å². The molecule has 0 aromatic rings. The number of esters is 1. The van der Waals surface area contributed by atoms with Gasteiger partial charge < -0.3 is 14.8 Å². The Balaban J connectivity index is 3.21. The first-order valence-electron chi connectivity index (χ1n) is 6.20. The zero-order chi connectivity index (χ0) is 13.1. The fourth-order valence-electron chi connectivity index (χ4n) is 1.15. The van der Waals surface area contributed by atoms with Crippen LogP contribution in [0, 0.1) is 0 Å². The number of ether oxygens (including phenoxy) is 2. The van der Waals surface area contributed by atoms with Crippen molar-refractivity contribution in [1.82, 2.24) is 5.32 Å². The van der Waals surface area contributed by atoms with E-state index in [1.807, 2.05) is 20.8 Å². The molecule has 0 aromatic heterocycles. The van der Waals surface area contributed by atoms with Crippen LogP contribution in [0.5, 0.6) is 0 Å². The molecule has 0 saturated heterocycles. The van der Waals surface area contributed by atoms with Gasteiger partial charge in [0.2, 0.25) is 0 Å². The molecule has 0 heterocycles. The molecular formula is C12H24ClNO3. The lowest BCUT2D eigenvalue weighted by atomic mass is 10.3. The van der Waals surface area contributed by atoms with Gasteiger partial charge in [-0.15, -0.1) is 11.6 Å². The molecule has 0 fully saturated rings. The average molecular weight is 266 g/mol. The monoisotopic (exact) mass is 265 g/mol. The van der Waals surface area contributed by atoms with Crippen LogP contribution in [0.25, 0.3) is 0 Å². The van der Waals surface area contributed by atoms with Crippen molar-refractivity contribution in [2.75, 3.05) is 26.3 Å². The largest absolute Gasteiger partial charge is 0.466 e. The highest BCUT2D eigenvalue weighted by Gasteiger charge is 2.08. The van der Waals surface area contributed by atoms with Gasteiger partial charge in [-0.3, -0.25) is 4.79 Å². The van der Waals surface area contributed by atoms with E-state index in [9.17, 15) is 4.79 Å². The number of rotatable bonds is 10. The summed E-state index contributed by atoms with van der Waals surface area (Å²) in [5.41, 5.74) is 0. The van der Waals surface area contributed by atoms with E-state index in [4.69, 9.17) is 21.1 Å². The van der Waals surface area contributed by atoms with Gasteiger partial charge in [-0.25, -0.2) is 0 Å². The number of hydrogen-bond donors (Lipinski definition) is 1. The molecule has 5 heteroatoms. The first kappa shape index (κ1) is 16.7. The highest BCUT2D eigenvalue weighted by atomic mass is 35.5. The van der Waals surface area contributed by atoms with Crippen LogP contribution in [-0.2, 0) is 14.3 Å². The molecule has 2 atom stereocenters. The van der Waals surface area contributed by atoms with E-state index in [0.29, 0.717) is 26.2 Å². The summed E-state index contributed by atoms with van der Waals surface area (Å²) in [5.74, 6) is -0.152. The molecule has 1 unspecified atom stereocenters. The second-order valence-corrected chi connectivity index (χ2v) is 4.60. The Morgan fingerprint density at radius 1 is 1.35 bits per heavy atom.